The Morgan fingerprint density at radius 3 is 2.61 bits per heavy atom. The average Bonchev–Trinajstić information content (AvgIpc) is 2.53. The summed E-state index contributed by atoms with van der Waals surface area (Å²) in [6, 6.07) is 15.1. The Kier molecular flexibility index (Phi) is 6.18. The van der Waals surface area contributed by atoms with Gasteiger partial charge in [0, 0.05) is 17.7 Å². The first kappa shape index (κ1) is 17.0. The highest BCUT2D eigenvalue weighted by Crippen LogP contribution is 2.22. The zero-order chi connectivity index (χ0) is 16.7. The van der Waals surface area contributed by atoms with Crippen LogP contribution in [0.1, 0.15) is 37.0 Å². The first-order chi connectivity index (χ1) is 11.1. The minimum atomic E-state index is -0.615. The Labute approximate surface area is 137 Å². The fraction of sp³-hybridized carbons (Fsp3) is 0.316. The molecule has 4 heteroatoms. The summed E-state index contributed by atoms with van der Waals surface area (Å²) in [5, 5.41) is 12.6. The van der Waals surface area contributed by atoms with E-state index in [-0.39, 0.29) is 5.91 Å². The Morgan fingerprint density at radius 1 is 1.17 bits per heavy atom. The second-order valence-electron chi connectivity index (χ2n) is 5.53. The molecule has 2 aromatic rings. The third-order valence-corrected chi connectivity index (χ3v) is 3.58. The van der Waals surface area contributed by atoms with Gasteiger partial charge in [-0.3, -0.25) is 4.79 Å². The van der Waals surface area contributed by atoms with Gasteiger partial charge in [0.25, 0.3) is 0 Å². The maximum Gasteiger partial charge on any atom is 0.224 e. The van der Waals surface area contributed by atoms with Crippen molar-refractivity contribution in [2.24, 2.45) is 0 Å². The number of anilines is 1. The van der Waals surface area contributed by atoms with E-state index >= 15 is 0 Å². The first-order valence-electron chi connectivity index (χ1n) is 7.83. The molecule has 0 heterocycles. The number of hydrogen-bond acceptors (Lipinski definition) is 3. The molecule has 0 aromatic heterocycles. The lowest BCUT2D eigenvalue weighted by molar-refractivity contribution is -0.116. The molecule has 0 radical (unpaired) electrons. The van der Waals surface area contributed by atoms with E-state index in [1.54, 1.807) is 13.0 Å². The molecule has 0 spiro atoms. The Bertz CT molecular complexity index is 653. The lowest BCUT2D eigenvalue weighted by Crippen LogP contribution is -2.14. The van der Waals surface area contributed by atoms with Crippen LogP contribution in [0.25, 0.3) is 0 Å². The number of aryl methyl sites for hydroxylation is 1. The van der Waals surface area contributed by atoms with Gasteiger partial charge in [-0.1, -0.05) is 36.4 Å². The van der Waals surface area contributed by atoms with Gasteiger partial charge in [0.05, 0.1) is 12.7 Å². The predicted molar refractivity (Wildman–Crippen MR) is 91.6 cm³/mol. The van der Waals surface area contributed by atoms with Crippen LogP contribution in [0.15, 0.2) is 48.5 Å². The first-order valence-corrected chi connectivity index (χ1v) is 7.83. The van der Waals surface area contributed by atoms with E-state index in [4.69, 9.17) is 4.74 Å². The number of hydrogen-bond donors (Lipinski definition) is 2. The molecule has 0 bridgehead atoms. The van der Waals surface area contributed by atoms with Crippen molar-refractivity contribution in [1.29, 1.82) is 0 Å². The largest absolute Gasteiger partial charge is 0.493 e. The molecule has 0 saturated heterocycles. The SMILES string of the molecule is Cc1ccccc1OCCCC(=O)Nc1ccccc1C(C)O. The molecule has 122 valence electrons. The standard InChI is InChI=1S/C19H23NO3/c1-14-8-3-6-11-18(14)23-13-7-12-19(22)20-17-10-5-4-9-16(17)15(2)21/h3-6,8-11,15,21H,7,12-13H2,1-2H3,(H,20,22). The Balaban J connectivity index is 1.79. The van der Waals surface area contributed by atoms with Crippen LogP contribution in [0.5, 0.6) is 5.75 Å². The summed E-state index contributed by atoms with van der Waals surface area (Å²) in [5.74, 6) is 0.777. The molecule has 4 nitrogen and oxygen atoms in total. The summed E-state index contributed by atoms with van der Waals surface area (Å²) in [5.41, 5.74) is 2.46. The molecule has 2 aromatic carbocycles. The van der Waals surface area contributed by atoms with Crippen molar-refractivity contribution >= 4 is 11.6 Å². The third kappa shape index (κ3) is 5.11. The van der Waals surface area contributed by atoms with E-state index in [1.807, 2.05) is 49.4 Å². The fourth-order valence-corrected chi connectivity index (χ4v) is 2.32. The van der Waals surface area contributed by atoms with Crippen LogP contribution in [0.4, 0.5) is 5.69 Å². The lowest BCUT2D eigenvalue weighted by Gasteiger charge is -2.13. The van der Waals surface area contributed by atoms with Crippen molar-refractivity contribution in [1.82, 2.24) is 0 Å². The summed E-state index contributed by atoms with van der Waals surface area (Å²) in [6.07, 6.45) is 0.396. The van der Waals surface area contributed by atoms with Crippen molar-refractivity contribution in [2.45, 2.75) is 32.8 Å². The smallest absolute Gasteiger partial charge is 0.224 e. The van der Waals surface area contributed by atoms with Crippen LogP contribution < -0.4 is 10.1 Å². The quantitative estimate of drug-likeness (QED) is 0.763. The molecule has 0 saturated carbocycles. The third-order valence-electron chi connectivity index (χ3n) is 3.58. The zero-order valence-corrected chi connectivity index (χ0v) is 13.6. The maximum absolute atomic E-state index is 12.0. The van der Waals surface area contributed by atoms with Crippen molar-refractivity contribution in [3.05, 3.63) is 59.7 Å². The van der Waals surface area contributed by atoms with E-state index in [0.29, 0.717) is 25.1 Å². The molecule has 0 aliphatic carbocycles. The number of rotatable bonds is 7. The predicted octanol–water partition coefficient (Wildman–Crippen LogP) is 3.85. The Morgan fingerprint density at radius 2 is 1.87 bits per heavy atom. The van der Waals surface area contributed by atoms with Gasteiger partial charge < -0.3 is 15.2 Å². The number of benzene rings is 2. The van der Waals surface area contributed by atoms with Crippen LogP contribution in [0.2, 0.25) is 0 Å². The maximum atomic E-state index is 12.0. The average molecular weight is 313 g/mol. The molecule has 2 rings (SSSR count). The highest BCUT2D eigenvalue weighted by Gasteiger charge is 2.10. The lowest BCUT2D eigenvalue weighted by atomic mass is 10.1. The number of carbonyl (C=O) groups is 1. The highest BCUT2D eigenvalue weighted by molar-refractivity contribution is 5.91. The molecule has 1 unspecified atom stereocenters. The van der Waals surface area contributed by atoms with E-state index < -0.39 is 6.10 Å². The molecular weight excluding hydrogens is 290 g/mol. The van der Waals surface area contributed by atoms with Crippen LogP contribution in [-0.4, -0.2) is 17.6 Å². The van der Waals surface area contributed by atoms with E-state index in [2.05, 4.69) is 5.32 Å². The number of nitrogens with one attached hydrogen (secondary N) is 1. The Hall–Kier alpha value is -2.33. The number of para-hydroxylation sites is 2. The van der Waals surface area contributed by atoms with Crippen molar-refractivity contribution in [3.63, 3.8) is 0 Å². The van der Waals surface area contributed by atoms with Crippen molar-refractivity contribution < 1.29 is 14.6 Å². The number of carbonyl (C=O) groups excluding carboxylic acids is 1. The van der Waals surface area contributed by atoms with Gasteiger partial charge >= 0.3 is 0 Å². The van der Waals surface area contributed by atoms with Crippen LogP contribution in [-0.2, 0) is 4.79 Å². The molecule has 0 aliphatic rings. The molecule has 2 N–H and O–H groups in total. The molecule has 0 aliphatic heterocycles. The van der Waals surface area contributed by atoms with E-state index in [9.17, 15) is 9.90 Å². The second-order valence-corrected chi connectivity index (χ2v) is 5.53. The van der Waals surface area contributed by atoms with Gasteiger partial charge in [0.1, 0.15) is 5.75 Å². The van der Waals surface area contributed by atoms with Crippen LogP contribution in [0, 0.1) is 6.92 Å². The number of ether oxygens (including phenoxy) is 1. The second kappa shape index (κ2) is 8.34. The number of aliphatic hydroxyl groups excluding tert-OH is 1. The molecule has 1 amide bonds. The summed E-state index contributed by atoms with van der Waals surface area (Å²) >= 11 is 0. The van der Waals surface area contributed by atoms with Crippen molar-refractivity contribution in [3.8, 4) is 5.75 Å². The molecular formula is C19H23NO3. The van der Waals surface area contributed by atoms with Crippen molar-refractivity contribution in [2.75, 3.05) is 11.9 Å². The number of aliphatic hydroxyl groups is 1. The van der Waals surface area contributed by atoms with E-state index in [1.165, 1.54) is 0 Å². The van der Waals surface area contributed by atoms with Gasteiger partial charge in [0.15, 0.2) is 0 Å². The molecule has 1 atom stereocenters. The summed E-state index contributed by atoms with van der Waals surface area (Å²) < 4.78 is 5.68. The zero-order valence-electron chi connectivity index (χ0n) is 13.6. The van der Waals surface area contributed by atoms with Gasteiger partial charge in [-0.2, -0.15) is 0 Å². The number of amides is 1. The van der Waals surface area contributed by atoms with Crippen LogP contribution in [0.3, 0.4) is 0 Å². The normalized spacial score (nSPS) is 11.8. The minimum Gasteiger partial charge on any atom is -0.493 e. The highest BCUT2D eigenvalue weighted by atomic mass is 16.5. The summed E-state index contributed by atoms with van der Waals surface area (Å²) in [7, 11) is 0. The minimum absolute atomic E-state index is 0.0773. The van der Waals surface area contributed by atoms with Crippen LogP contribution >= 0.6 is 0 Å². The molecule has 23 heavy (non-hydrogen) atoms. The molecule has 0 fully saturated rings. The van der Waals surface area contributed by atoms with Gasteiger partial charge in [-0.25, -0.2) is 0 Å². The summed E-state index contributed by atoms with van der Waals surface area (Å²) in [6.45, 7) is 4.17. The fourth-order valence-electron chi connectivity index (χ4n) is 2.32. The van der Waals surface area contributed by atoms with Gasteiger partial charge in [0.2, 0.25) is 5.91 Å². The topological polar surface area (TPSA) is 58.6 Å². The van der Waals surface area contributed by atoms with Gasteiger partial charge in [-0.05, 0) is 38.0 Å². The monoisotopic (exact) mass is 313 g/mol. The van der Waals surface area contributed by atoms with Gasteiger partial charge in [-0.15, -0.1) is 0 Å². The summed E-state index contributed by atoms with van der Waals surface area (Å²) in [4.78, 5) is 12.0. The van der Waals surface area contributed by atoms with E-state index in [0.717, 1.165) is 16.9 Å².